The number of hydrogen-bond donors (Lipinski definition) is 1. The standard InChI is InChI=1S/C18H22N2O2.C2H6/c1-6-7-15(20-5)17-11(3)16(21)14-9-10(2)8-13(12(4)19)18(14)22-17;1-2/h6-9,12H,19H2,1-5H3;1-2H3/b7-6-,20-15?;. The molecule has 1 aromatic carbocycles. The molecular weight excluding hydrogens is 300 g/mol. The quantitative estimate of drug-likeness (QED) is 0.846. The highest BCUT2D eigenvalue weighted by atomic mass is 16.3. The lowest BCUT2D eigenvalue weighted by molar-refractivity contribution is 0.577. The number of aliphatic imine (C=N–C) groups is 1. The molecule has 0 aliphatic heterocycles. The SMILES string of the molecule is C/C=C\C(=NC)c1oc2c(C(C)N)cc(C)cc2c(=O)c1C.CC. The van der Waals surface area contributed by atoms with Crippen molar-refractivity contribution in [2.45, 2.75) is 47.6 Å². The van der Waals surface area contributed by atoms with Crippen molar-refractivity contribution in [3.05, 3.63) is 57.0 Å². The molecule has 1 unspecified atom stereocenters. The van der Waals surface area contributed by atoms with Crippen LogP contribution in [-0.2, 0) is 0 Å². The maximum absolute atomic E-state index is 12.7. The Hall–Kier alpha value is -2.20. The second kappa shape index (κ2) is 8.60. The van der Waals surface area contributed by atoms with Gasteiger partial charge in [-0.2, -0.15) is 0 Å². The zero-order valence-electron chi connectivity index (χ0n) is 15.7. The molecule has 1 atom stereocenters. The fourth-order valence-electron chi connectivity index (χ4n) is 2.56. The zero-order chi connectivity index (χ0) is 18.4. The molecule has 0 fully saturated rings. The number of hydrogen-bond acceptors (Lipinski definition) is 4. The van der Waals surface area contributed by atoms with Gasteiger partial charge >= 0.3 is 0 Å². The van der Waals surface area contributed by atoms with Crippen LogP contribution in [0.1, 0.15) is 56.2 Å². The Morgan fingerprint density at radius 1 is 1.29 bits per heavy atom. The zero-order valence-corrected chi connectivity index (χ0v) is 15.7. The minimum Gasteiger partial charge on any atom is -0.454 e. The van der Waals surface area contributed by atoms with Crippen LogP contribution < -0.4 is 11.2 Å². The Kier molecular flexibility index (Phi) is 7.11. The average molecular weight is 328 g/mol. The molecule has 24 heavy (non-hydrogen) atoms. The van der Waals surface area contributed by atoms with Crippen LogP contribution in [0, 0.1) is 13.8 Å². The molecule has 0 saturated carbocycles. The molecule has 0 aliphatic carbocycles. The third kappa shape index (κ3) is 3.82. The average Bonchev–Trinajstić information content (AvgIpc) is 2.57. The normalized spacial score (nSPS) is 13.1. The number of aryl methyl sites for hydroxylation is 1. The summed E-state index contributed by atoms with van der Waals surface area (Å²) in [6.07, 6.45) is 3.70. The maximum Gasteiger partial charge on any atom is 0.196 e. The van der Waals surface area contributed by atoms with Crippen LogP contribution in [0.15, 0.2) is 38.5 Å². The smallest absolute Gasteiger partial charge is 0.196 e. The number of fused-ring (bicyclic) bond motifs is 1. The first-order chi connectivity index (χ1) is 11.4. The predicted molar refractivity (Wildman–Crippen MR) is 103 cm³/mol. The molecule has 1 heterocycles. The first kappa shape index (κ1) is 19.8. The summed E-state index contributed by atoms with van der Waals surface area (Å²) in [6.45, 7) is 11.5. The van der Waals surface area contributed by atoms with E-state index >= 15 is 0 Å². The van der Waals surface area contributed by atoms with Crippen LogP contribution in [0.2, 0.25) is 0 Å². The van der Waals surface area contributed by atoms with Gasteiger partial charge in [-0.25, -0.2) is 0 Å². The summed E-state index contributed by atoms with van der Waals surface area (Å²) in [5, 5.41) is 0.574. The van der Waals surface area contributed by atoms with Crippen molar-refractivity contribution in [2.75, 3.05) is 7.05 Å². The van der Waals surface area contributed by atoms with Gasteiger partial charge in [-0.05, 0) is 45.4 Å². The van der Waals surface area contributed by atoms with E-state index in [9.17, 15) is 4.79 Å². The number of nitrogens with zero attached hydrogens (tertiary/aromatic N) is 1. The van der Waals surface area contributed by atoms with Crippen LogP contribution in [0.5, 0.6) is 0 Å². The summed E-state index contributed by atoms with van der Waals surface area (Å²) in [6, 6.07) is 3.60. The summed E-state index contributed by atoms with van der Waals surface area (Å²) in [4.78, 5) is 16.9. The minimum atomic E-state index is -0.218. The van der Waals surface area contributed by atoms with Crippen LogP contribution in [-0.4, -0.2) is 12.8 Å². The predicted octanol–water partition coefficient (Wildman–Crippen LogP) is 4.45. The highest BCUT2D eigenvalue weighted by Gasteiger charge is 2.18. The molecule has 0 radical (unpaired) electrons. The van der Waals surface area contributed by atoms with Crippen LogP contribution in [0.3, 0.4) is 0 Å². The van der Waals surface area contributed by atoms with E-state index in [2.05, 4.69) is 4.99 Å². The van der Waals surface area contributed by atoms with E-state index in [1.54, 1.807) is 14.0 Å². The van der Waals surface area contributed by atoms with Gasteiger partial charge in [0, 0.05) is 24.2 Å². The van der Waals surface area contributed by atoms with Crippen molar-refractivity contribution in [2.24, 2.45) is 10.7 Å². The van der Waals surface area contributed by atoms with E-state index in [1.165, 1.54) is 0 Å². The Balaban J connectivity index is 0.00000139. The Morgan fingerprint density at radius 3 is 2.42 bits per heavy atom. The molecule has 0 spiro atoms. The number of allylic oxidation sites excluding steroid dienone is 2. The first-order valence-electron chi connectivity index (χ1n) is 8.34. The minimum absolute atomic E-state index is 0.0347. The highest BCUT2D eigenvalue weighted by Crippen LogP contribution is 2.25. The molecule has 0 aliphatic rings. The molecule has 0 saturated heterocycles. The monoisotopic (exact) mass is 328 g/mol. The van der Waals surface area contributed by atoms with Gasteiger partial charge in [-0.1, -0.05) is 26.0 Å². The Labute approximate surface area is 144 Å². The van der Waals surface area contributed by atoms with Gasteiger partial charge in [-0.15, -0.1) is 0 Å². The molecule has 2 aromatic rings. The summed E-state index contributed by atoms with van der Waals surface area (Å²) in [5.41, 5.74) is 9.61. The second-order valence-electron chi connectivity index (χ2n) is 5.51. The summed E-state index contributed by atoms with van der Waals surface area (Å²) >= 11 is 0. The number of nitrogens with two attached hydrogens (primary N) is 1. The van der Waals surface area contributed by atoms with E-state index in [-0.39, 0.29) is 11.5 Å². The van der Waals surface area contributed by atoms with Gasteiger partial charge in [0.1, 0.15) is 5.58 Å². The summed E-state index contributed by atoms with van der Waals surface area (Å²) < 4.78 is 6.06. The third-order valence-corrected chi connectivity index (χ3v) is 3.68. The van der Waals surface area contributed by atoms with E-state index in [0.717, 1.165) is 11.1 Å². The molecule has 0 bridgehead atoms. The lowest BCUT2D eigenvalue weighted by atomic mass is 10.00. The Morgan fingerprint density at radius 2 is 1.92 bits per heavy atom. The third-order valence-electron chi connectivity index (χ3n) is 3.68. The van der Waals surface area contributed by atoms with Gasteiger partial charge in [0.2, 0.25) is 0 Å². The van der Waals surface area contributed by atoms with Gasteiger partial charge in [-0.3, -0.25) is 9.79 Å². The molecule has 130 valence electrons. The lowest BCUT2D eigenvalue weighted by Crippen LogP contribution is -2.15. The van der Waals surface area contributed by atoms with Gasteiger partial charge < -0.3 is 10.2 Å². The highest BCUT2D eigenvalue weighted by molar-refractivity contribution is 6.08. The molecule has 2 rings (SSSR count). The van der Waals surface area contributed by atoms with Crippen molar-refractivity contribution in [1.29, 1.82) is 0 Å². The topological polar surface area (TPSA) is 68.6 Å². The molecule has 4 nitrogen and oxygen atoms in total. The van der Waals surface area contributed by atoms with Crippen molar-refractivity contribution in [3.8, 4) is 0 Å². The van der Waals surface area contributed by atoms with Gasteiger partial charge in [0.15, 0.2) is 11.2 Å². The van der Waals surface area contributed by atoms with E-state index in [0.29, 0.717) is 28.0 Å². The summed E-state index contributed by atoms with van der Waals surface area (Å²) in [7, 11) is 1.68. The fraction of sp³-hybridized carbons (Fsp3) is 0.400. The van der Waals surface area contributed by atoms with E-state index in [4.69, 9.17) is 10.2 Å². The van der Waals surface area contributed by atoms with Crippen molar-refractivity contribution in [1.82, 2.24) is 0 Å². The number of benzene rings is 1. The fourth-order valence-corrected chi connectivity index (χ4v) is 2.56. The Bertz CT molecular complexity index is 828. The number of rotatable bonds is 3. The van der Waals surface area contributed by atoms with E-state index in [1.807, 2.05) is 58.9 Å². The van der Waals surface area contributed by atoms with Crippen LogP contribution in [0.4, 0.5) is 0 Å². The van der Waals surface area contributed by atoms with Crippen molar-refractivity contribution < 1.29 is 4.42 Å². The van der Waals surface area contributed by atoms with Gasteiger partial charge in [0.05, 0.1) is 11.1 Å². The maximum atomic E-state index is 12.7. The molecule has 4 heteroatoms. The molecule has 0 amide bonds. The molecule has 1 aromatic heterocycles. The molecule has 2 N–H and O–H groups in total. The van der Waals surface area contributed by atoms with Gasteiger partial charge in [0.25, 0.3) is 0 Å². The summed E-state index contributed by atoms with van der Waals surface area (Å²) in [5.74, 6) is 0.504. The second-order valence-corrected chi connectivity index (χ2v) is 5.51. The van der Waals surface area contributed by atoms with Crippen molar-refractivity contribution >= 4 is 16.7 Å². The van der Waals surface area contributed by atoms with Crippen molar-refractivity contribution in [3.63, 3.8) is 0 Å². The van der Waals surface area contributed by atoms with E-state index < -0.39 is 0 Å². The lowest BCUT2D eigenvalue weighted by Gasteiger charge is -2.13. The largest absolute Gasteiger partial charge is 0.454 e. The van der Waals surface area contributed by atoms with Crippen LogP contribution in [0.25, 0.3) is 11.0 Å². The molecular formula is C20H28N2O2. The first-order valence-corrected chi connectivity index (χ1v) is 8.34. The van der Waals surface area contributed by atoms with Crippen LogP contribution >= 0.6 is 0 Å².